The van der Waals surface area contributed by atoms with Gasteiger partial charge < -0.3 is 5.32 Å². The van der Waals surface area contributed by atoms with Crippen LogP contribution in [0.3, 0.4) is 0 Å². The highest BCUT2D eigenvalue weighted by atomic mass is 35.5. The number of halogens is 1. The van der Waals surface area contributed by atoms with Crippen molar-refractivity contribution in [3.05, 3.63) is 50.4 Å². The van der Waals surface area contributed by atoms with Gasteiger partial charge in [-0.25, -0.2) is 4.98 Å². The molecular formula is C16H21ClN2S. The quantitative estimate of drug-likeness (QED) is 0.905. The first-order chi connectivity index (χ1) is 9.40. The molecule has 0 spiro atoms. The lowest BCUT2D eigenvalue weighted by atomic mass is 9.93. The maximum Gasteiger partial charge on any atom is 0.0972 e. The fourth-order valence-electron chi connectivity index (χ4n) is 1.95. The highest BCUT2D eigenvalue weighted by Crippen LogP contribution is 2.27. The summed E-state index contributed by atoms with van der Waals surface area (Å²) in [5.41, 5.74) is 3.60. The second-order valence-corrected chi connectivity index (χ2v) is 7.36. The molecule has 1 heterocycles. The molecule has 0 bridgehead atoms. The SMILES string of the molecule is CNCc1ccc(Cc2nc(C(C)(C)C)cs2)c(Cl)c1. The molecule has 1 N–H and O–H groups in total. The van der Waals surface area contributed by atoms with Gasteiger partial charge in [0, 0.05) is 28.8 Å². The van der Waals surface area contributed by atoms with Crippen molar-refractivity contribution >= 4 is 22.9 Å². The molecule has 4 heteroatoms. The highest BCUT2D eigenvalue weighted by Gasteiger charge is 2.17. The fraction of sp³-hybridized carbons (Fsp3) is 0.438. The molecule has 0 amide bonds. The van der Waals surface area contributed by atoms with Crippen LogP contribution in [0, 0.1) is 0 Å². The predicted octanol–water partition coefficient (Wildman–Crippen LogP) is 4.40. The number of benzene rings is 1. The summed E-state index contributed by atoms with van der Waals surface area (Å²) in [6.45, 7) is 7.40. The summed E-state index contributed by atoms with van der Waals surface area (Å²) in [6, 6.07) is 6.26. The van der Waals surface area contributed by atoms with Gasteiger partial charge in [0.05, 0.1) is 10.7 Å². The van der Waals surface area contributed by atoms with Gasteiger partial charge in [-0.15, -0.1) is 11.3 Å². The number of nitrogens with zero attached hydrogens (tertiary/aromatic N) is 1. The van der Waals surface area contributed by atoms with E-state index in [0.717, 1.165) is 34.3 Å². The Hall–Kier alpha value is -0.900. The molecule has 0 radical (unpaired) electrons. The van der Waals surface area contributed by atoms with Crippen LogP contribution in [0.1, 0.15) is 42.6 Å². The normalized spacial score (nSPS) is 11.8. The van der Waals surface area contributed by atoms with Crippen LogP contribution in [0.15, 0.2) is 23.6 Å². The minimum absolute atomic E-state index is 0.106. The van der Waals surface area contributed by atoms with Gasteiger partial charge in [-0.1, -0.05) is 44.5 Å². The van der Waals surface area contributed by atoms with E-state index in [0.29, 0.717) is 0 Å². The summed E-state index contributed by atoms with van der Waals surface area (Å²) in [5.74, 6) is 0. The Kier molecular flexibility index (Phi) is 4.84. The Morgan fingerprint density at radius 1 is 1.30 bits per heavy atom. The monoisotopic (exact) mass is 308 g/mol. The van der Waals surface area contributed by atoms with E-state index in [9.17, 15) is 0 Å². The molecule has 0 fully saturated rings. The van der Waals surface area contributed by atoms with E-state index < -0.39 is 0 Å². The third-order valence-electron chi connectivity index (χ3n) is 3.16. The van der Waals surface area contributed by atoms with Crippen LogP contribution in [0.2, 0.25) is 5.02 Å². The van der Waals surface area contributed by atoms with Crippen molar-refractivity contribution in [1.82, 2.24) is 10.3 Å². The van der Waals surface area contributed by atoms with Gasteiger partial charge in [-0.2, -0.15) is 0 Å². The van der Waals surface area contributed by atoms with Crippen LogP contribution < -0.4 is 5.32 Å². The van der Waals surface area contributed by atoms with Gasteiger partial charge in [0.25, 0.3) is 0 Å². The number of hydrogen-bond acceptors (Lipinski definition) is 3. The van der Waals surface area contributed by atoms with Crippen molar-refractivity contribution in [3.8, 4) is 0 Å². The first-order valence-corrected chi connectivity index (χ1v) is 8.02. The van der Waals surface area contributed by atoms with Crippen LogP contribution in [0.4, 0.5) is 0 Å². The molecule has 0 saturated heterocycles. The predicted molar refractivity (Wildman–Crippen MR) is 87.8 cm³/mol. The van der Waals surface area contributed by atoms with Gasteiger partial charge >= 0.3 is 0 Å². The zero-order valence-electron chi connectivity index (χ0n) is 12.5. The van der Waals surface area contributed by atoms with Crippen LogP contribution in [0.25, 0.3) is 0 Å². The summed E-state index contributed by atoms with van der Waals surface area (Å²) in [6.07, 6.45) is 0.805. The van der Waals surface area contributed by atoms with Gasteiger partial charge in [0.2, 0.25) is 0 Å². The van der Waals surface area contributed by atoms with Crippen LogP contribution in [-0.4, -0.2) is 12.0 Å². The molecule has 0 aliphatic heterocycles. The fourth-order valence-corrected chi connectivity index (χ4v) is 3.26. The Bertz CT molecular complexity index is 584. The molecule has 2 aromatic rings. The Morgan fingerprint density at radius 2 is 2.05 bits per heavy atom. The maximum atomic E-state index is 6.36. The van der Waals surface area contributed by atoms with E-state index in [1.807, 2.05) is 13.1 Å². The third-order valence-corrected chi connectivity index (χ3v) is 4.36. The van der Waals surface area contributed by atoms with Gasteiger partial charge in [-0.3, -0.25) is 0 Å². The Morgan fingerprint density at radius 3 is 2.60 bits per heavy atom. The molecule has 0 aliphatic rings. The summed E-state index contributed by atoms with van der Waals surface area (Å²) in [4.78, 5) is 4.72. The van der Waals surface area contributed by atoms with E-state index in [1.54, 1.807) is 11.3 Å². The summed E-state index contributed by atoms with van der Waals surface area (Å²) in [5, 5.41) is 7.23. The van der Waals surface area contributed by atoms with E-state index in [-0.39, 0.29) is 5.41 Å². The number of nitrogens with one attached hydrogen (secondary N) is 1. The van der Waals surface area contributed by atoms with Crippen molar-refractivity contribution in [2.45, 2.75) is 39.2 Å². The summed E-state index contributed by atoms with van der Waals surface area (Å²) >= 11 is 8.07. The molecule has 2 nitrogen and oxygen atoms in total. The van der Waals surface area contributed by atoms with E-state index in [1.165, 1.54) is 5.56 Å². The summed E-state index contributed by atoms with van der Waals surface area (Å²) in [7, 11) is 1.94. The van der Waals surface area contributed by atoms with Crippen molar-refractivity contribution < 1.29 is 0 Å². The zero-order chi connectivity index (χ0) is 14.8. The number of thiazole rings is 1. The van der Waals surface area contributed by atoms with E-state index in [2.05, 4.69) is 43.6 Å². The zero-order valence-corrected chi connectivity index (χ0v) is 14.0. The highest BCUT2D eigenvalue weighted by molar-refractivity contribution is 7.09. The largest absolute Gasteiger partial charge is 0.316 e. The molecular weight excluding hydrogens is 288 g/mol. The Labute approximate surface area is 130 Å². The lowest BCUT2D eigenvalue weighted by Crippen LogP contribution is -2.11. The van der Waals surface area contributed by atoms with Crippen molar-refractivity contribution in [3.63, 3.8) is 0 Å². The molecule has 0 atom stereocenters. The Balaban J connectivity index is 2.16. The molecule has 108 valence electrons. The first-order valence-electron chi connectivity index (χ1n) is 6.77. The molecule has 1 aromatic heterocycles. The molecule has 0 saturated carbocycles. The molecule has 0 aliphatic carbocycles. The van der Waals surface area contributed by atoms with Crippen LogP contribution >= 0.6 is 22.9 Å². The van der Waals surface area contributed by atoms with Crippen LogP contribution in [-0.2, 0) is 18.4 Å². The van der Waals surface area contributed by atoms with Crippen molar-refractivity contribution in [2.24, 2.45) is 0 Å². The minimum atomic E-state index is 0.106. The van der Waals surface area contributed by atoms with E-state index >= 15 is 0 Å². The second-order valence-electron chi connectivity index (χ2n) is 6.01. The average molecular weight is 309 g/mol. The molecule has 0 unspecified atom stereocenters. The second kappa shape index (κ2) is 6.25. The number of hydrogen-bond donors (Lipinski definition) is 1. The number of rotatable bonds is 4. The lowest BCUT2D eigenvalue weighted by Gasteiger charge is -2.14. The lowest BCUT2D eigenvalue weighted by molar-refractivity contribution is 0.571. The van der Waals surface area contributed by atoms with E-state index in [4.69, 9.17) is 16.6 Å². The molecule has 20 heavy (non-hydrogen) atoms. The van der Waals surface area contributed by atoms with Gasteiger partial charge in [-0.05, 0) is 24.2 Å². The molecule has 2 rings (SSSR count). The summed E-state index contributed by atoms with van der Waals surface area (Å²) < 4.78 is 0. The van der Waals surface area contributed by atoms with Crippen molar-refractivity contribution in [2.75, 3.05) is 7.05 Å². The third kappa shape index (κ3) is 3.81. The maximum absolute atomic E-state index is 6.36. The number of aromatic nitrogens is 1. The van der Waals surface area contributed by atoms with Crippen molar-refractivity contribution in [1.29, 1.82) is 0 Å². The van der Waals surface area contributed by atoms with Gasteiger partial charge in [0.15, 0.2) is 0 Å². The standard InChI is InChI=1S/C16H21ClN2S/c1-16(2,3)14-10-20-15(19-14)8-12-6-5-11(9-18-4)7-13(12)17/h5-7,10,18H,8-9H2,1-4H3. The topological polar surface area (TPSA) is 24.9 Å². The first kappa shape index (κ1) is 15.5. The van der Waals surface area contributed by atoms with Gasteiger partial charge in [0.1, 0.15) is 0 Å². The molecule has 1 aromatic carbocycles. The minimum Gasteiger partial charge on any atom is -0.316 e. The average Bonchev–Trinajstić information content (AvgIpc) is 2.81. The smallest absolute Gasteiger partial charge is 0.0972 e. The van der Waals surface area contributed by atoms with Crippen LogP contribution in [0.5, 0.6) is 0 Å².